The molecule has 0 saturated carbocycles. The van der Waals surface area contributed by atoms with Crippen LogP contribution < -0.4 is 0 Å². The van der Waals surface area contributed by atoms with Crippen LogP contribution in [0.2, 0.25) is 0 Å². The number of fused-ring (bicyclic) bond motifs is 1. The monoisotopic (exact) mass is 197 g/mol. The molecule has 0 radical (unpaired) electrons. The van der Waals surface area contributed by atoms with Crippen molar-refractivity contribution in [2.24, 2.45) is 0 Å². The minimum atomic E-state index is -0.0525. The number of carbonyl (C=O) groups excluding carboxylic acids is 1. The highest BCUT2D eigenvalue weighted by atomic mass is 16.1. The molecule has 2 heteroatoms. The van der Waals surface area contributed by atoms with Gasteiger partial charge in [-0.05, 0) is 25.1 Å². The van der Waals surface area contributed by atoms with Gasteiger partial charge in [0, 0.05) is 5.39 Å². The number of hydrogen-bond acceptors (Lipinski definition) is 2. The van der Waals surface area contributed by atoms with E-state index in [1.54, 1.807) is 12.1 Å². The Morgan fingerprint density at radius 2 is 2.00 bits per heavy atom. The third-order valence-corrected chi connectivity index (χ3v) is 2.17. The largest absolute Gasteiger partial charge is 0.288 e. The van der Waals surface area contributed by atoms with E-state index in [0.717, 1.165) is 10.9 Å². The first kappa shape index (κ1) is 9.59. The van der Waals surface area contributed by atoms with E-state index < -0.39 is 0 Å². The van der Waals surface area contributed by atoms with Crippen molar-refractivity contribution in [1.82, 2.24) is 4.98 Å². The SMILES string of the molecule is C/C=C/C(=O)c1ccc2ccccc2n1. The first-order valence-electron chi connectivity index (χ1n) is 4.84. The number of para-hydroxylation sites is 1. The Labute approximate surface area is 88.3 Å². The Morgan fingerprint density at radius 1 is 1.20 bits per heavy atom. The van der Waals surface area contributed by atoms with Crippen molar-refractivity contribution in [2.75, 3.05) is 0 Å². The molecular weight excluding hydrogens is 186 g/mol. The van der Waals surface area contributed by atoms with Gasteiger partial charge in [-0.25, -0.2) is 4.98 Å². The van der Waals surface area contributed by atoms with E-state index in [1.807, 2.05) is 37.3 Å². The smallest absolute Gasteiger partial charge is 0.203 e. The summed E-state index contributed by atoms with van der Waals surface area (Å²) in [5.41, 5.74) is 1.35. The average molecular weight is 197 g/mol. The van der Waals surface area contributed by atoms with Crippen LogP contribution in [0.1, 0.15) is 17.4 Å². The van der Waals surface area contributed by atoms with Gasteiger partial charge in [-0.3, -0.25) is 4.79 Å². The van der Waals surface area contributed by atoms with Crippen LogP contribution in [-0.2, 0) is 0 Å². The topological polar surface area (TPSA) is 30.0 Å². The van der Waals surface area contributed by atoms with Gasteiger partial charge in [0.05, 0.1) is 5.52 Å². The average Bonchev–Trinajstić information content (AvgIpc) is 2.29. The van der Waals surface area contributed by atoms with Gasteiger partial charge in [0.1, 0.15) is 5.69 Å². The highest BCUT2D eigenvalue weighted by Crippen LogP contribution is 2.12. The minimum absolute atomic E-state index is 0.0525. The fourth-order valence-electron chi connectivity index (χ4n) is 1.44. The molecule has 0 aliphatic carbocycles. The standard InChI is InChI=1S/C13H11NO/c1-2-5-13(15)12-9-8-10-6-3-4-7-11(10)14-12/h2-9H,1H3/b5-2+. The van der Waals surface area contributed by atoms with Gasteiger partial charge >= 0.3 is 0 Å². The lowest BCUT2D eigenvalue weighted by Gasteiger charge is -1.98. The van der Waals surface area contributed by atoms with Crippen LogP contribution in [0.4, 0.5) is 0 Å². The summed E-state index contributed by atoms with van der Waals surface area (Å²) in [6.07, 6.45) is 3.25. The van der Waals surface area contributed by atoms with Crippen molar-refractivity contribution >= 4 is 16.7 Å². The molecule has 0 aliphatic rings. The lowest BCUT2D eigenvalue weighted by Crippen LogP contribution is -1.97. The van der Waals surface area contributed by atoms with Gasteiger partial charge in [0.15, 0.2) is 0 Å². The molecule has 0 spiro atoms. The first-order valence-corrected chi connectivity index (χ1v) is 4.84. The quantitative estimate of drug-likeness (QED) is 0.547. The molecule has 15 heavy (non-hydrogen) atoms. The molecule has 0 unspecified atom stereocenters. The summed E-state index contributed by atoms with van der Waals surface area (Å²) in [5, 5.41) is 1.05. The zero-order valence-corrected chi connectivity index (χ0v) is 8.47. The number of pyridine rings is 1. The van der Waals surface area contributed by atoms with Crippen LogP contribution in [0.15, 0.2) is 48.6 Å². The van der Waals surface area contributed by atoms with Crippen molar-refractivity contribution in [3.63, 3.8) is 0 Å². The molecule has 2 nitrogen and oxygen atoms in total. The second-order valence-electron chi connectivity index (χ2n) is 3.25. The van der Waals surface area contributed by atoms with Crippen LogP contribution >= 0.6 is 0 Å². The predicted octanol–water partition coefficient (Wildman–Crippen LogP) is 2.99. The van der Waals surface area contributed by atoms with Gasteiger partial charge in [-0.1, -0.05) is 30.3 Å². The van der Waals surface area contributed by atoms with Crippen molar-refractivity contribution in [3.8, 4) is 0 Å². The van der Waals surface area contributed by atoms with Crippen molar-refractivity contribution < 1.29 is 4.79 Å². The van der Waals surface area contributed by atoms with Crippen LogP contribution in [0.25, 0.3) is 10.9 Å². The second-order valence-corrected chi connectivity index (χ2v) is 3.25. The van der Waals surface area contributed by atoms with Gasteiger partial charge in [0.2, 0.25) is 5.78 Å². The maximum Gasteiger partial charge on any atom is 0.203 e. The number of carbonyl (C=O) groups is 1. The third-order valence-electron chi connectivity index (χ3n) is 2.17. The maximum atomic E-state index is 11.5. The molecule has 2 aromatic rings. The van der Waals surface area contributed by atoms with E-state index in [0.29, 0.717) is 5.69 Å². The predicted molar refractivity (Wildman–Crippen MR) is 60.9 cm³/mol. The lowest BCUT2D eigenvalue weighted by atomic mass is 10.1. The summed E-state index contributed by atoms with van der Waals surface area (Å²) in [6, 6.07) is 11.4. The molecule has 1 heterocycles. The van der Waals surface area contributed by atoms with E-state index in [4.69, 9.17) is 0 Å². The highest BCUT2D eigenvalue weighted by Gasteiger charge is 2.03. The Hall–Kier alpha value is -1.96. The lowest BCUT2D eigenvalue weighted by molar-refractivity contribution is 0.104. The molecule has 0 fully saturated rings. The van der Waals surface area contributed by atoms with E-state index in [9.17, 15) is 4.79 Å². The number of nitrogens with zero attached hydrogens (tertiary/aromatic N) is 1. The molecule has 0 saturated heterocycles. The Bertz CT molecular complexity index is 529. The van der Waals surface area contributed by atoms with Crippen molar-refractivity contribution in [2.45, 2.75) is 6.92 Å². The number of ketones is 1. The number of allylic oxidation sites excluding steroid dienone is 2. The minimum Gasteiger partial charge on any atom is -0.288 e. The van der Waals surface area contributed by atoms with E-state index in [2.05, 4.69) is 4.98 Å². The first-order chi connectivity index (χ1) is 7.31. The normalized spacial score (nSPS) is 11.0. The molecule has 2 rings (SSSR count). The van der Waals surface area contributed by atoms with Crippen LogP contribution in [0, 0.1) is 0 Å². The molecule has 0 aliphatic heterocycles. The van der Waals surface area contributed by atoms with Gasteiger partial charge in [-0.2, -0.15) is 0 Å². The van der Waals surface area contributed by atoms with Crippen LogP contribution in [0.5, 0.6) is 0 Å². The number of rotatable bonds is 2. The van der Waals surface area contributed by atoms with Gasteiger partial charge in [0.25, 0.3) is 0 Å². The zero-order chi connectivity index (χ0) is 10.7. The summed E-state index contributed by atoms with van der Waals surface area (Å²) in [4.78, 5) is 15.8. The Kier molecular flexibility index (Phi) is 2.59. The second kappa shape index (κ2) is 4.05. The summed E-state index contributed by atoms with van der Waals surface area (Å²) in [5.74, 6) is -0.0525. The van der Waals surface area contributed by atoms with Crippen LogP contribution in [-0.4, -0.2) is 10.8 Å². The fourth-order valence-corrected chi connectivity index (χ4v) is 1.44. The highest BCUT2D eigenvalue weighted by molar-refractivity contribution is 6.04. The summed E-state index contributed by atoms with van der Waals surface area (Å²) < 4.78 is 0. The molecule has 0 N–H and O–H groups in total. The number of benzene rings is 1. The Balaban J connectivity index is 2.51. The van der Waals surface area contributed by atoms with E-state index in [-0.39, 0.29) is 5.78 Å². The van der Waals surface area contributed by atoms with Gasteiger partial charge < -0.3 is 0 Å². The molecule has 1 aromatic carbocycles. The summed E-state index contributed by atoms with van der Waals surface area (Å²) in [7, 11) is 0. The number of hydrogen-bond donors (Lipinski definition) is 0. The molecular formula is C13H11NO. The zero-order valence-electron chi connectivity index (χ0n) is 8.47. The summed E-state index contributed by atoms with van der Waals surface area (Å²) >= 11 is 0. The molecule has 0 bridgehead atoms. The van der Waals surface area contributed by atoms with E-state index in [1.165, 1.54) is 6.08 Å². The molecule has 1 aromatic heterocycles. The summed E-state index contributed by atoms with van der Waals surface area (Å²) in [6.45, 7) is 1.82. The van der Waals surface area contributed by atoms with Crippen molar-refractivity contribution in [3.05, 3.63) is 54.2 Å². The molecule has 0 amide bonds. The Morgan fingerprint density at radius 3 is 2.80 bits per heavy atom. The van der Waals surface area contributed by atoms with E-state index >= 15 is 0 Å². The molecule has 0 atom stereocenters. The fraction of sp³-hybridized carbons (Fsp3) is 0.0769. The van der Waals surface area contributed by atoms with Gasteiger partial charge in [-0.15, -0.1) is 0 Å². The van der Waals surface area contributed by atoms with Crippen molar-refractivity contribution in [1.29, 1.82) is 0 Å². The third kappa shape index (κ3) is 1.94. The molecule has 74 valence electrons. The maximum absolute atomic E-state index is 11.5. The van der Waals surface area contributed by atoms with Crippen LogP contribution in [0.3, 0.4) is 0 Å². The number of aromatic nitrogens is 1.